The molecule has 0 unspecified atom stereocenters. The number of carbonyl (C=O) groups excluding carboxylic acids is 2. The molecule has 10 heteroatoms. The second-order valence-electron chi connectivity index (χ2n) is 5.56. The first kappa shape index (κ1) is 21.2. The zero-order valence-electron chi connectivity index (χ0n) is 13.0. The van der Waals surface area contributed by atoms with Crippen molar-refractivity contribution < 1.29 is 32.7 Å². The lowest BCUT2D eigenvalue weighted by molar-refractivity contribution is -0.192. The van der Waals surface area contributed by atoms with Crippen molar-refractivity contribution in [2.24, 2.45) is 11.7 Å². The molecule has 23 heavy (non-hydrogen) atoms. The second-order valence-corrected chi connectivity index (χ2v) is 5.56. The first-order valence-electron chi connectivity index (χ1n) is 6.97. The van der Waals surface area contributed by atoms with Crippen molar-refractivity contribution in [1.82, 2.24) is 10.2 Å². The summed E-state index contributed by atoms with van der Waals surface area (Å²) in [5.74, 6) is -2.92. The molecule has 1 aliphatic rings. The molecule has 0 bridgehead atoms. The topological polar surface area (TPSA) is 113 Å². The highest BCUT2D eigenvalue weighted by atomic mass is 19.4. The van der Waals surface area contributed by atoms with Crippen LogP contribution in [0.4, 0.5) is 13.2 Å². The van der Waals surface area contributed by atoms with Gasteiger partial charge < -0.3 is 21.1 Å². The van der Waals surface area contributed by atoms with Crippen LogP contribution in [0.25, 0.3) is 0 Å². The molecule has 1 fully saturated rings. The Bertz CT molecular complexity index is 419. The maximum atomic E-state index is 11.5. The Kier molecular flexibility index (Phi) is 8.59. The van der Waals surface area contributed by atoms with E-state index in [4.69, 9.17) is 15.6 Å². The molecule has 0 spiro atoms. The summed E-state index contributed by atoms with van der Waals surface area (Å²) in [7, 11) is 3.73. The van der Waals surface area contributed by atoms with Gasteiger partial charge in [-0.05, 0) is 39.8 Å². The summed E-state index contributed by atoms with van der Waals surface area (Å²) in [6, 6.07) is 0.211. The molecular weight excluding hydrogens is 319 g/mol. The number of nitrogens with zero attached hydrogens (tertiary/aromatic N) is 1. The molecule has 0 aromatic carbocycles. The largest absolute Gasteiger partial charge is 0.490 e. The molecule has 0 aliphatic heterocycles. The van der Waals surface area contributed by atoms with Crippen molar-refractivity contribution in [3.8, 4) is 0 Å². The molecule has 0 radical (unpaired) electrons. The monoisotopic (exact) mass is 341 g/mol. The lowest BCUT2D eigenvalue weighted by atomic mass is 9.85. The second kappa shape index (κ2) is 9.33. The number of aliphatic carboxylic acids is 1. The van der Waals surface area contributed by atoms with Crippen molar-refractivity contribution in [1.29, 1.82) is 0 Å². The number of amides is 2. The zero-order valence-corrected chi connectivity index (χ0v) is 13.0. The average Bonchev–Trinajstić information content (AvgIpc) is 2.37. The summed E-state index contributed by atoms with van der Waals surface area (Å²) in [5, 5.41) is 10.1. The highest BCUT2D eigenvalue weighted by molar-refractivity contribution is 5.78. The number of rotatable bonds is 4. The number of carbonyl (C=O) groups is 3. The molecule has 0 atom stereocenters. The lowest BCUT2D eigenvalue weighted by Gasteiger charge is -2.27. The van der Waals surface area contributed by atoms with Crippen LogP contribution in [0.15, 0.2) is 0 Å². The lowest BCUT2D eigenvalue weighted by Crippen LogP contribution is -2.43. The molecule has 0 heterocycles. The number of primary amides is 1. The van der Waals surface area contributed by atoms with Crippen LogP contribution in [0, 0.1) is 5.92 Å². The van der Waals surface area contributed by atoms with Crippen molar-refractivity contribution in [2.75, 3.05) is 20.6 Å². The van der Waals surface area contributed by atoms with E-state index in [0.29, 0.717) is 6.54 Å². The number of alkyl halides is 3. The number of nitrogens with two attached hydrogens (primary N) is 1. The Labute approximate surface area is 132 Å². The minimum atomic E-state index is -5.08. The van der Waals surface area contributed by atoms with Gasteiger partial charge in [0.25, 0.3) is 0 Å². The molecule has 2 amide bonds. The minimum Gasteiger partial charge on any atom is -0.475 e. The summed E-state index contributed by atoms with van der Waals surface area (Å²) in [6.45, 7) is 0.412. The third kappa shape index (κ3) is 9.72. The van der Waals surface area contributed by atoms with E-state index >= 15 is 0 Å². The SMILES string of the molecule is CN(C)CC(=O)NC1CCC(C(N)=O)CC1.O=C(O)C(F)(F)F. The van der Waals surface area contributed by atoms with Gasteiger partial charge in [0.1, 0.15) is 0 Å². The Balaban J connectivity index is 0.000000585. The van der Waals surface area contributed by atoms with Crippen molar-refractivity contribution >= 4 is 17.8 Å². The molecule has 0 aromatic rings. The van der Waals surface area contributed by atoms with Crippen LogP contribution in [-0.2, 0) is 14.4 Å². The Morgan fingerprint density at radius 3 is 1.91 bits per heavy atom. The van der Waals surface area contributed by atoms with Crippen LogP contribution >= 0.6 is 0 Å². The molecule has 134 valence electrons. The van der Waals surface area contributed by atoms with Gasteiger partial charge >= 0.3 is 12.1 Å². The molecule has 1 rings (SSSR count). The fraction of sp³-hybridized carbons (Fsp3) is 0.769. The van der Waals surface area contributed by atoms with Crippen LogP contribution in [0.2, 0.25) is 0 Å². The van der Waals surface area contributed by atoms with Crippen LogP contribution < -0.4 is 11.1 Å². The summed E-state index contributed by atoms with van der Waals surface area (Å²) in [4.78, 5) is 33.2. The van der Waals surface area contributed by atoms with Gasteiger partial charge in [0.15, 0.2) is 0 Å². The maximum absolute atomic E-state index is 11.5. The maximum Gasteiger partial charge on any atom is 0.490 e. The van der Waals surface area contributed by atoms with Gasteiger partial charge in [0.05, 0.1) is 6.54 Å². The third-order valence-electron chi connectivity index (χ3n) is 3.20. The summed E-state index contributed by atoms with van der Waals surface area (Å²) in [5.41, 5.74) is 5.25. The Morgan fingerprint density at radius 2 is 1.61 bits per heavy atom. The number of nitrogens with one attached hydrogen (secondary N) is 1. The number of hydrogen-bond donors (Lipinski definition) is 3. The van der Waals surface area contributed by atoms with E-state index in [-0.39, 0.29) is 23.8 Å². The standard InChI is InChI=1S/C11H21N3O2.C2HF3O2/c1-14(2)7-10(15)13-9-5-3-8(4-6-9)11(12)16;3-2(4,5)1(6)7/h8-9H,3-7H2,1-2H3,(H2,12,16)(H,13,15);(H,6,7). The van der Waals surface area contributed by atoms with Crippen LogP contribution in [-0.4, -0.2) is 60.6 Å². The highest BCUT2D eigenvalue weighted by Crippen LogP contribution is 2.23. The number of hydrogen-bond acceptors (Lipinski definition) is 4. The molecule has 1 aliphatic carbocycles. The smallest absolute Gasteiger partial charge is 0.475 e. The van der Waals surface area contributed by atoms with E-state index in [2.05, 4.69) is 5.32 Å². The van der Waals surface area contributed by atoms with Gasteiger partial charge in [-0.25, -0.2) is 4.79 Å². The van der Waals surface area contributed by atoms with E-state index in [1.54, 1.807) is 0 Å². The Morgan fingerprint density at radius 1 is 1.17 bits per heavy atom. The van der Waals surface area contributed by atoms with E-state index in [1.807, 2.05) is 19.0 Å². The van der Waals surface area contributed by atoms with Crippen LogP contribution in [0.5, 0.6) is 0 Å². The fourth-order valence-electron chi connectivity index (χ4n) is 2.08. The van der Waals surface area contributed by atoms with E-state index in [1.165, 1.54) is 0 Å². The summed E-state index contributed by atoms with van der Waals surface area (Å²) in [6.07, 6.45) is -1.79. The average molecular weight is 341 g/mol. The molecule has 0 aromatic heterocycles. The normalized spacial score (nSPS) is 21.1. The van der Waals surface area contributed by atoms with E-state index in [9.17, 15) is 22.8 Å². The first-order chi connectivity index (χ1) is 10.4. The van der Waals surface area contributed by atoms with Crippen LogP contribution in [0.3, 0.4) is 0 Å². The zero-order chi connectivity index (χ0) is 18.2. The van der Waals surface area contributed by atoms with Crippen molar-refractivity contribution in [2.45, 2.75) is 37.9 Å². The van der Waals surface area contributed by atoms with Gasteiger partial charge in [-0.3, -0.25) is 9.59 Å². The molecule has 1 saturated carbocycles. The number of carboxylic acids is 1. The van der Waals surface area contributed by atoms with Crippen LogP contribution in [0.1, 0.15) is 25.7 Å². The van der Waals surface area contributed by atoms with Gasteiger partial charge in [-0.1, -0.05) is 0 Å². The predicted octanol–water partition coefficient (Wildman–Crippen LogP) is 0.342. The Hall–Kier alpha value is -1.84. The third-order valence-corrected chi connectivity index (χ3v) is 3.20. The summed E-state index contributed by atoms with van der Waals surface area (Å²) < 4.78 is 31.7. The molecule has 4 N–H and O–H groups in total. The molecule has 0 saturated heterocycles. The van der Waals surface area contributed by atoms with Gasteiger partial charge in [0.2, 0.25) is 11.8 Å². The quantitative estimate of drug-likeness (QED) is 0.683. The van der Waals surface area contributed by atoms with Crippen molar-refractivity contribution in [3.63, 3.8) is 0 Å². The number of carboxylic acid groups (broad SMARTS) is 1. The number of likely N-dealkylation sites (N-methyl/N-ethyl adjacent to an activating group) is 1. The fourth-order valence-corrected chi connectivity index (χ4v) is 2.08. The minimum absolute atomic E-state index is 0.00185. The highest BCUT2D eigenvalue weighted by Gasteiger charge is 2.38. The van der Waals surface area contributed by atoms with Gasteiger partial charge in [-0.15, -0.1) is 0 Å². The van der Waals surface area contributed by atoms with Gasteiger partial charge in [0, 0.05) is 12.0 Å². The predicted molar refractivity (Wildman–Crippen MR) is 75.3 cm³/mol. The number of halogens is 3. The summed E-state index contributed by atoms with van der Waals surface area (Å²) >= 11 is 0. The van der Waals surface area contributed by atoms with Gasteiger partial charge in [-0.2, -0.15) is 13.2 Å². The van der Waals surface area contributed by atoms with E-state index < -0.39 is 12.1 Å². The molecular formula is C13H22F3N3O4. The van der Waals surface area contributed by atoms with Crippen molar-refractivity contribution in [3.05, 3.63) is 0 Å². The molecule has 7 nitrogen and oxygen atoms in total. The first-order valence-corrected chi connectivity index (χ1v) is 6.97. The van der Waals surface area contributed by atoms with E-state index in [0.717, 1.165) is 25.7 Å².